The number of hydrogen-bond acceptors (Lipinski definition) is 8. The number of anilines is 4. The van der Waals surface area contributed by atoms with E-state index in [0.717, 1.165) is 41.3 Å². The monoisotopic (exact) mass is 449 g/mol. The number of H-pyrrole nitrogens is 1. The molecule has 2 fully saturated rings. The van der Waals surface area contributed by atoms with Gasteiger partial charge >= 0.3 is 0 Å². The van der Waals surface area contributed by atoms with Crippen LogP contribution < -0.4 is 15.5 Å². The minimum Gasteiger partial charge on any atom is -0.327 e. The topological polar surface area (TPSA) is 116 Å². The van der Waals surface area contributed by atoms with Gasteiger partial charge in [0.2, 0.25) is 11.9 Å². The van der Waals surface area contributed by atoms with E-state index in [2.05, 4.69) is 30.9 Å². The molecule has 0 spiro atoms. The van der Waals surface area contributed by atoms with Crippen molar-refractivity contribution >= 4 is 45.5 Å². The van der Waals surface area contributed by atoms with E-state index in [1.807, 2.05) is 36.2 Å². The smallest absolute Gasteiger partial charge is 0.248 e. The molecular weight excluding hydrogens is 426 g/mol. The third kappa shape index (κ3) is 3.58. The summed E-state index contributed by atoms with van der Waals surface area (Å²) >= 11 is 1.47. The first-order valence-corrected chi connectivity index (χ1v) is 11.6. The molecular formula is C21H23N9OS. The van der Waals surface area contributed by atoms with Crippen LogP contribution in [-0.4, -0.2) is 48.3 Å². The summed E-state index contributed by atoms with van der Waals surface area (Å²) in [6.07, 6.45) is 7.71. The van der Waals surface area contributed by atoms with Gasteiger partial charge in [0, 0.05) is 41.5 Å². The van der Waals surface area contributed by atoms with E-state index in [1.54, 1.807) is 10.7 Å². The SMILES string of the molecule is Cc1cnc(NC(=O)C2CCCN2c2nc(Nc3cc(C4CC4)[nH]n3)c3cccn3n2)s1. The second-order valence-corrected chi connectivity index (χ2v) is 9.56. The molecule has 4 aromatic heterocycles. The second-order valence-electron chi connectivity index (χ2n) is 8.32. The first kappa shape index (κ1) is 19.2. The lowest BCUT2D eigenvalue weighted by molar-refractivity contribution is -0.117. The fourth-order valence-electron chi connectivity index (χ4n) is 4.14. The van der Waals surface area contributed by atoms with Crippen LogP contribution in [0, 0.1) is 6.92 Å². The van der Waals surface area contributed by atoms with Crippen LogP contribution in [0.5, 0.6) is 0 Å². The summed E-state index contributed by atoms with van der Waals surface area (Å²) in [4.78, 5) is 25.1. The van der Waals surface area contributed by atoms with E-state index in [9.17, 15) is 4.79 Å². The Balaban J connectivity index is 1.28. The lowest BCUT2D eigenvalue weighted by Gasteiger charge is -2.24. The molecule has 3 N–H and O–H groups in total. The number of aryl methyl sites for hydroxylation is 1. The zero-order valence-electron chi connectivity index (χ0n) is 17.6. The molecule has 10 nitrogen and oxygen atoms in total. The molecule has 1 saturated carbocycles. The highest BCUT2D eigenvalue weighted by Gasteiger charge is 2.34. The van der Waals surface area contributed by atoms with E-state index < -0.39 is 0 Å². The maximum Gasteiger partial charge on any atom is 0.248 e. The molecule has 0 bridgehead atoms. The molecule has 5 heterocycles. The largest absolute Gasteiger partial charge is 0.327 e. The van der Waals surface area contributed by atoms with Gasteiger partial charge in [-0.15, -0.1) is 16.4 Å². The van der Waals surface area contributed by atoms with Crippen LogP contribution >= 0.6 is 11.3 Å². The first-order valence-electron chi connectivity index (χ1n) is 10.8. The van der Waals surface area contributed by atoms with Gasteiger partial charge in [0.15, 0.2) is 16.8 Å². The summed E-state index contributed by atoms with van der Waals surface area (Å²) in [6, 6.07) is 5.59. The molecule has 1 unspecified atom stereocenters. The number of nitrogens with one attached hydrogen (secondary N) is 3. The number of aromatic nitrogens is 6. The molecule has 11 heteroatoms. The Bertz CT molecular complexity index is 1290. The Morgan fingerprint density at radius 3 is 3.03 bits per heavy atom. The summed E-state index contributed by atoms with van der Waals surface area (Å²) in [5, 5.41) is 19.1. The molecule has 2 aliphatic rings. The van der Waals surface area contributed by atoms with E-state index in [-0.39, 0.29) is 11.9 Å². The van der Waals surface area contributed by atoms with Crippen molar-refractivity contribution < 1.29 is 4.79 Å². The average Bonchev–Trinajstić information content (AvgIpc) is 3.20. The van der Waals surface area contributed by atoms with Gasteiger partial charge in [-0.25, -0.2) is 9.50 Å². The Labute approximate surface area is 188 Å². The fourth-order valence-corrected chi connectivity index (χ4v) is 4.81. The zero-order valence-corrected chi connectivity index (χ0v) is 18.4. The van der Waals surface area contributed by atoms with E-state index in [4.69, 9.17) is 4.98 Å². The number of carbonyl (C=O) groups excluding carboxylic acids is 1. The van der Waals surface area contributed by atoms with Gasteiger partial charge in [-0.1, -0.05) is 0 Å². The fraction of sp³-hybridized carbons (Fsp3) is 0.381. The van der Waals surface area contributed by atoms with Crippen molar-refractivity contribution in [2.75, 3.05) is 22.1 Å². The van der Waals surface area contributed by atoms with Crippen molar-refractivity contribution in [1.29, 1.82) is 0 Å². The number of amides is 1. The summed E-state index contributed by atoms with van der Waals surface area (Å²) in [5.41, 5.74) is 2.00. The van der Waals surface area contributed by atoms with Gasteiger partial charge in [-0.3, -0.25) is 9.89 Å². The maximum absolute atomic E-state index is 13.0. The highest BCUT2D eigenvalue weighted by molar-refractivity contribution is 7.15. The van der Waals surface area contributed by atoms with Crippen LogP contribution in [0.25, 0.3) is 5.52 Å². The minimum atomic E-state index is -0.341. The average molecular weight is 450 g/mol. The van der Waals surface area contributed by atoms with E-state index in [0.29, 0.717) is 22.8 Å². The standard InChI is InChI=1S/C21H23N9OS/c1-12-11-22-21(32-12)25-19(31)16-5-2-8-29(16)20-24-18(15-4-3-9-30(15)28-20)23-17-10-14(26-27-17)13-6-7-13/h3-4,9-11,13,16H,2,5-8H2,1H3,(H,22,25,31)(H2,23,24,26,27,28). The minimum absolute atomic E-state index is 0.0797. The summed E-state index contributed by atoms with van der Waals surface area (Å²) in [5.74, 6) is 2.42. The number of fused-ring (bicyclic) bond motifs is 1. The first-order chi connectivity index (χ1) is 15.6. The van der Waals surface area contributed by atoms with E-state index in [1.165, 1.54) is 24.2 Å². The highest BCUT2D eigenvalue weighted by atomic mass is 32.1. The Morgan fingerprint density at radius 2 is 2.22 bits per heavy atom. The molecule has 1 aliphatic carbocycles. The molecule has 0 aromatic carbocycles. The number of rotatable bonds is 6. The van der Waals surface area contributed by atoms with Crippen LogP contribution in [0.1, 0.15) is 42.2 Å². The number of aromatic amines is 1. The maximum atomic E-state index is 13.0. The van der Waals surface area contributed by atoms with Crippen LogP contribution in [0.3, 0.4) is 0 Å². The molecule has 1 aliphatic heterocycles. The van der Waals surface area contributed by atoms with Gasteiger partial charge in [0.25, 0.3) is 0 Å². The van der Waals surface area contributed by atoms with Crippen molar-refractivity contribution in [3.63, 3.8) is 0 Å². The Hall–Kier alpha value is -3.47. The summed E-state index contributed by atoms with van der Waals surface area (Å²) in [6.45, 7) is 2.69. The Kier molecular flexibility index (Phi) is 4.56. The van der Waals surface area contributed by atoms with Crippen molar-refractivity contribution in [2.24, 2.45) is 0 Å². The lowest BCUT2D eigenvalue weighted by atomic mass is 10.2. The molecule has 0 radical (unpaired) electrons. The predicted octanol–water partition coefficient (Wildman–Crippen LogP) is 3.45. The third-order valence-electron chi connectivity index (χ3n) is 5.90. The van der Waals surface area contributed by atoms with Gasteiger partial charge < -0.3 is 15.5 Å². The van der Waals surface area contributed by atoms with E-state index >= 15 is 0 Å². The Morgan fingerprint density at radius 1 is 1.31 bits per heavy atom. The molecule has 6 rings (SSSR count). The van der Waals surface area contributed by atoms with Gasteiger partial charge in [0.05, 0.1) is 0 Å². The number of carbonyl (C=O) groups is 1. The molecule has 32 heavy (non-hydrogen) atoms. The quantitative estimate of drug-likeness (QED) is 0.413. The van der Waals surface area contributed by atoms with Gasteiger partial charge in [0.1, 0.15) is 11.6 Å². The normalized spacial score (nSPS) is 18.4. The molecule has 1 amide bonds. The summed E-state index contributed by atoms with van der Waals surface area (Å²) in [7, 11) is 0. The van der Waals surface area contributed by atoms with Crippen LogP contribution in [0.15, 0.2) is 30.6 Å². The van der Waals surface area contributed by atoms with Crippen molar-refractivity contribution in [2.45, 2.75) is 44.6 Å². The second kappa shape index (κ2) is 7.59. The number of nitrogens with zero attached hydrogens (tertiary/aromatic N) is 6. The van der Waals surface area contributed by atoms with Gasteiger partial charge in [-0.2, -0.15) is 10.1 Å². The molecule has 164 valence electrons. The van der Waals surface area contributed by atoms with Crippen molar-refractivity contribution in [3.05, 3.63) is 41.2 Å². The van der Waals surface area contributed by atoms with Crippen molar-refractivity contribution in [1.82, 2.24) is 29.8 Å². The summed E-state index contributed by atoms with van der Waals surface area (Å²) < 4.78 is 1.79. The molecule has 1 atom stereocenters. The molecule has 4 aromatic rings. The number of thiazole rings is 1. The van der Waals surface area contributed by atoms with Crippen LogP contribution in [-0.2, 0) is 4.79 Å². The molecule has 1 saturated heterocycles. The lowest BCUT2D eigenvalue weighted by Crippen LogP contribution is -2.40. The van der Waals surface area contributed by atoms with Gasteiger partial charge in [-0.05, 0) is 44.7 Å². The van der Waals surface area contributed by atoms with Crippen LogP contribution in [0.2, 0.25) is 0 Å². The number of hydrogen-bond donors (Lipinski definition) is 3. The predicted molar refractivity (Wildman–Crippen MR) is 123 cm³/mol. The van der Waals surface area contributed by atoms with Crippen LogP contribution in [0.4, 0.5) is 22.7 Å². The third-order valence-corrected chi connectivity index (χ3v) is 6.73. The zero-order chi connectivity index (χ0) is 21.7. The highest BCUT2D eigenvalue weighted by Crippen LogP contribution is 2.39. The van der Waals surface area contributed by atoms with Crippen molar-refractivity contribution in [3.8, 4) is 0 Å².